The fourth-order valence-electron chi connectivity index (χ4n) is 1.62. The molecule has 0 aliphatic carbocycles. The number of aromatic carboxylic acids is 1. The van der Waals surface area contributed by atoms with Crippen LogP contribution in [0.25, 0.3) is 10.9 Å². The van der Waals surface area contributed by atoms with Gasteiger partial charge < -0.3 is 9.67 Å². The van der Waals surface area contributed by atoms with Crippen molar-refractivity contribution in [1.82, 2.24) is 4.57 Å². The minimum absolute atomic E-state index is 0.0988. The SMILES string of the molecule is O=C(O)c1ccc2ccn(CC(F)F)c2c1. The Morgan fingerprint density at radius 3 is 2.75 bits per heavy atom. The van der Waals surface area contributed by atoms with Gasteiger partial charge in [0.05, 0.1) is 12.1 Å². The van der Waals surface area contributed by atoms with Crippen LogP contribution in [-0.2, 0) is 6.54 Å². The zero-order valence-corrected chi connectivity index (χ0v) is 8.23. The largest absolute Gasteiger partial charge is 0.478 e. The molecule has 84 valence electrons. The number of aromatic nitrogens is 1. The van der Waals surface area contributed by atoms with E-state index in [0.717, 1.165) is 5.39 Å². The van der Waals surface area contributed by atoms with Crippen molar-refractivity contribution in [2.45, 2.75) is 13.0 Å². The molecule has 0 spiro atoms. The maximum absolute atomic E-state index is 12.2. The lowest BCUT2D eigenvalue weighted by atomic mass is 10.2. The lowest BCUT2D eigenvalue weighted by Crippen LogP contribution is -2.05. The standard InChI is InChI=1S/C11H9F2NO2/c12-10(13)6-14-4-3-7-1-2-8(11(15)16)5-9(7)14/h1-5,10H,6H2,(H,15,16). The van der Waals surface area contributed by atoms with Crippen LogP contribution < -0.4 is 0 Å². The third-order valence-corrected chi connectivity index (χ3v) is 2.36. The van der Waals surface area contributed by atoms with E-state index in [1.165, 1.54) is 22.9 Å². The number of alkyl halides is 2. The van der Waals surface area contributed by atoms with Gasteiger partial charge >= 0.3 is 5.97 Å². The number of carboxylic acid groups (broad SMARTS) is 1. The molecule has 3 nitrogen and oxygen atoms in total. The van der Waals surface area contributed by atoms with Gasteiger partial charge in [0.15, 0.2) is 0 Å². The number of nitrogens with zero attached hydrogens (tertiary/aromatic N) is 1. The molecule has 0 amide bonds. The number of halogens is 2. The van der Waals surface area contributed by atoms with Crippen LogP contribution in [0.1, 0.15) is 10.4 Å². The smallest absolute Gasteiger partial charge is 0.335 e. The number of carboxylic acids is 1. The van der Waals surface area contributed by atoms with Crippen LogP contribution in [-0.4, -0.2) is 22.1 Å². The van der Waals surface area contributed by atoms with Crippen molar-refractivity contribution in [3.8, 4) is 0 Å². The van der Waals surface area contributed by atoms with Crippen molar-refractivity contribution in [3.63, 3.8) is 0 Å². The molecule has 2 aromatic rings. The Balaban J connectivity index is 2.51. The Kier molecular flexibility index (Phi) is 2.60. The minimum Gasteiger partial charge on any atom is -0.478 e. The Bertz CT molecular complexity index is 534. The quantitative estimate of drug-likeness (QED) is 0.872. The Hall–Kier alpha value is -1.91. The number of hydrogen-bond acceptors (Lipinski definition) is 1. The van der Waals surface area contributed by atoms with Crippen molar-refractivity contribution in [2.24, 2.45) is 0 Å². The summed E-state index contributed by atoms with van der Waals surface area (Å²) in [5.41, 5.74) is 0.613. The first-order valence-electron chi connectivity index (χ1n) is 4.68. The van der Waals surface area contributed by atoms with Crippen molar-refractivity contribution in [1.29, 1.82) is 0 Å². The van der Waals surface area contributed by atoms with Crippen molar-refractivity contribution in [2.75, 3.05) is 0 Å². The highest BCUT2D eigenvalue weighted by molar-refractivity contribution is 5.93. The molecule has 0 bridgehead atoms. The molecular formula is C11H9F2NO2. The molecule has 0 aliphatic rings. The summed E-state index contributed by atoms with van der Waals surface area (Å²) < 4.78 is 25.8. The van der Waals surface area contributed by atoms with Crippen LogP contribution in [0.3, 0.4) is 0 Å². The summed E-state index contributed by atoms with van der Waals surface area (Å²) in [4.78, 5) is 10.7. The van der Waals surface area contributed by atoms with E-state index in [1.807, 2.05) is 0 Å². The molecule has 1 aromatic carbocycles. The van der Waals surface area contributed by atoms with Crippen LogP contribution in [0.5, 0.6) is 0 Å². The topological polar surface area (TPSA) is 42.2 Å². The second-order valence-corrected chi connectivity index (χ2v) is 3.44. The van der Waals surface area contributed by atoms with Crippen LogP contribution in [0.4, 0.5) is 8.78 Å². The van der Waals surface area contributed by atoms with E-state index in [0.29, 0.717) is 5.52 Å². The summed E-state index contributed by atoms with van der Waals surface area (Å²) >= 11 is 0. The van der Waals surface area contributed by atoms with E-state index >= 15 is 0 Å². The van der Waals surface area contributed by atoms with Gasteiger partial charge in [-0.05, 0) is 23.6 Å². The summed E-state index contributed by atoms with van der Waals surface area (Å²) in [5.74, 6) is -1.06. The maximum Gasteiger partial charge on any atom is 0.335 e. The number of benzene rings is 1. The molecule has 0 radical (unpaired) electrons. The van der Waals surface area contributed by atoms with Crippen molar-refractivity contribution in [3.05, 3.63) is 36.0 Å². The predicted molar refractivity (Wildman–Crippen MR) is 54.9 cm³/mol. The molecule has 16 heavy (non-hydrogen) atoms. The molecule has 1 N–H and O–H groups in total. The summed E-state index contributed by atoms with van der Waals surface area (Å²) in [6, 6.07) is 6.15. The van der Waals surface area contributed by atoms with E-state index in [-0.39, 0.29) is 5.56 Å². The summed E-state index contributed by atoms with van der Waals surface area (Å²) in [6.45, 7) is -0.424. The fourth-order valence-corrected chi connectivity index (χ4v) is 1.62. The molecule has 2 rings (SSSR count). The number of rotatable bonds is 3. The third kappa shape index (κ3) is 1.88. The first-order chi connectivity index (χ1) is 7.58. The molecule has 1 aromatic heterocycles. The van der Waals surface area contributed by atoms with E-state index < -0.39 is 18.9 Å². The van der Waals surface area contributed by atoms with Gasteiger partial charge in [0.2, 0.25) is 0 Å². The van der Waals surface area contributed by atoms with Gasteiger partial charge in [-0.1, -0.05) is 6.07 Å². The molecule has 0 unspecified atom stereocenters. The van der Waals surface area contributed by atoms with Gasteiger partial charge in [-0.15, -0.1) is 0 Å². The summed E-state index contributed by atoms with van der Waals surface area (Å²) in [5, 5.41) is 9.55. The average molecular weight is 225 g/mol. The first kappa shape index (κ1) is 10.6. The zero-order chi connectivity index (χ0) is 11.7. The Morgan fingerprint density at radius 2 is 2.12 bits per heavy atom. The molecule has 0 saturated heterocycles. The van der Waals surface area contributed by atoms with E-state index in [4.69, 9.17) is 5.11 Å². The predicted octanol–water partition coefficient (Wildman–Crippen LogP) is 2.60. The van der Waals surface area contributed by atoms with Crippen LogP contribution in [0.15, 0.2) is 30.5 Å². The number of hydrogen-bond donors (Lipinski definition) is 1. The highest BCUT2D eigenvalue weighted by Gasteiger charge is 2.09. The monoisotopic (exact) mass is 225 g/mol. The fraction of sp³-hybridized carbons (Fsp3) is 0.182. The second kappa shape index (κ2) is 3.92. The molecular weight excluding hydrogens is 216 g/mol. The van der Waals surface area contributed by atoms with Crippen LogP contribution in [0, 0.1) is 0 Å². The average Bonchev–Trinajstić information content (AvgIpc) is 2.60. The minimum atomic E-state index is -2.45. The summed E-state index contributed by atoms with van der Waals surface area (Å²) in [7, 11) is 0. The van der Waals surface area contributed by atoms with E-state index in [2.05, 4.69) is 0 Å². The van der Waals surface area contributed by atoms with Gasteiger partial charge in [0.1, 0.15) is 0 Å². The lowest BCUT2D eigenvalue weighted by Gasteiger charge is -2.04. The maximum atomic E-state index is 12.2. The van der Waals surface area contributed by atoms with Gasteiger partial charge in [0.25, 0.3) is 6.43 Å². The third-order valence-electron chi connectivity index (χ3n) is 2.36. The first-order valence-corrected chi connectivity index (χ1v) is 4.68. The highest BCUT2D eigenvalue weighted by Crippen LogP contribution is 2.18. The number of fused-ring (bicyclic) bond motifs is 1. The van der Waals surface area contributed by atoms with Gasteiger partial charge in [0, 0.05) is 11.7 Å². The molecule has 1 heterocycles. The van der Waals surface area contributed by atoms with E-state index in [1.54, 1.807) is 12.1 Å². The molecule has 0 atom stereocenters. The van der Waals surface area contributed by atoms with E-state index in [9.17, 15) is 13.6 Å². The second-order valence-electron chi connectivity index (χ2n) is 3.44. The molecule has 0 aliphatic heterocycles. The van der Waals surface area contributed by atoms with Gasteiger partial charge in [-0.25, -0.2) is 13.6 Å². The molecule has 0 saturated carbocycles. The Labute approximate surface area is 89.9 Å². The molecule has 0 fully saturated rings. The van der Waals surface area contributed by atoms with Crippen LogP contribution >= 0.6 is 0 Å². The molecule has 5 heteroatoms. The summed E-state index contributed by atoms with van der Waals surface area (Å²) in [6.07, 6.45) is -0.924. The van der Waals surface area contributed by atoms with Gasteiger partial charge in [-0.3, -0.25) is 0 Å². The lowest BCUT2D eigenvalue weighted by molar-refractivity contribution is 0.0697. The Morgan fingerprint density at radius 1 is 1.38 bits per heavy atom. The van der Waals surface area contributed by atoms with Crippen molar-refractivity contribution < 1.29 is 18.7 Å². The van der Waals surface area contributed by atoms with Crippen molar-refractivity contribution >= 4 is 16.9 Å². The van der Waals surface area contributed by atoms with Gasteiger partial charge in [-0.2, -0.15) is 0 Å². The number of carbonyl (C=O) groups is 1. The van der Waals surface area contributed by atoms with Crippen LogP contribution in [0.2, 0.25) is 0 Å². The highest BCUT2D eigenvalue weighted by atomic mass is 19.3. The zero-order valence-electron chi connectivity index (χ0n) is 8.23. The normalized spacial score (nSPS) is 11.2.